The highest BCUT2D eigenvalue weighted by Gasteiger charge is 2.29. The van der Waals surface area contributed by atoms with E-state index in [9.17, 15) is 14.4 Å². The van der Waals surface area contributed by atoms with Crippen LogP contribution in [0.3, 0.4) is 0 Å². The fourth-order valence-electron chi connectivity index (χ4n) is 3.54. The lowest BCUT2D eigenvalue weighted by Gasteiger charge is -2.18. The summed E-state index contributed by atoms with van der Waals surface area (Å²) in [6, 6.07) is 21.1. The molecule has 0 aliphatic heterocycles. The first kappa shape index (κ1) is 19.9. The lowest BCUT2D eigenvalue weighted by Crippen LogP contribution is -2.21. The van der Waals surface area contributed by atoms with Crippen molar-refractivity contribution in [2.75, 3.05) is 11.1 Å². The van der Waals surface area contributed by atoms with E-state index in [1.54, 1.807) is 42.5 Å². The number of rotatable bonds is 5. The number of hydrogen-bond acceptors (Lipinski definition) is 6. The summed E-state index contributed by atoms with van der Waals surface area (Å²) in [7, 11) is 0. The van der Waals surface area contributed by atoms with E-state index in [1.807, 2.05) is 30.3 Å². The topological polar surface area (TPSA) is 105 Å². The zero-order valence-corrected chi connectivity index (χ0v) is 17.5. The number of nitrogens with one attached hydrogen (secondary N) is 2. The van der Waals surface area contributed by atoms with Crippen molar-refractivity contribution in [3.8, 4) is 11.4 Å². The van der Waals surface area contributed by atoms with Gasteiger partial charge in [0.25, 0.3) is 0 Å². The van der Waals surface area contributed by atoms with Gasteiger partial charge in [-0.15, -0.1) is 5.10 Å². The Hall–Kier alpha value is -4.04. The average Bonchev–Trinajstić information content (AvgIpc) is 3.31. The molecule has 156 valence electrons. The number of aromatic amines is 1. The number of carbonyl (C=O) groups is 3. The van der Waals surface area contributed by atoms with Crippen molar-refractivity contribution >= 4 is 34.9 Å². The van der Waals surface area contributed by atoms with Crippen LogP contribution in [0.15, 0.2) is 78.0 Å². The molecule has 0 bridgehead atoms. The minimum Gasteiger partial charge on any atom is -0.325 e. The van der Waals surface area contributed by atoms with E-state index in [0.717, 1.165) is 5.56 Å². The summed E-state index contributed by atoms with van der Waals surface area (Å²) in [5, 5.41) is 10.2. The molecule has 0 radical (unpaired) electrons. The predicted molar refractivity (Wildman–Crippen MR) is 121 cm³/mol. The third kappa shape index (κ3) is 3.72. The first-order chi connectivity index (χ1) is 15.6. The Morgan fingerprint density at radius 1 is 0.844 bits per heavy atom. The molecule has 8 heteroatoms. The van der Waals surface area contributed by atoms with Gasteiger partial charge in [0, 0.05) is 33.5 Å². The second-order valence-corrected chi connectivity index (χ2v) is 8.08. The molecule has 0 spiro atoms. The Morgan fingerprint density at radius 3 is 2.25 bits per heavy atom. The number of fused-ring (bicyclic) bond motifs is 2. The second kappa shape index (κ2) is 8.24. The maximum Gasteiger partial charge on any atom is 0.234 e. The number of aromatic nitrogens is 3. The van der Waals surface area contributed by atoms with Crippen molar-refractivity contribution in [3.05, 3.63) is 95.1 Å². The summed E-state index contributed by atoms with van der Waals surface area (Å²) in [6.07, 6.45) is 0. The van der Waals surface area contributed by atoms with Gasteiger partial charge in [-0.05, 0) is 18.2 Å². The molecule has 0 unspecified atom stereocenters. The monoisotopic (exact) mass is 440 g/mol. The summed E-state index contributed by atoms with van der Waals surface area (Å²) >= 11 is 1.20. The van der Waals surface area contributed by atoms with Crippen molar-refractivity contribution in [2.24, 2.45) is 0 Å². The van der Waals surface area contributed by atoms with Crippen LogP contribution >= 0.6 is 11.8 Å². The molecule has 1 aromatic heterocycles. The molecule has 32 heavy (non-hydrogen) atoms. The number of thioether (sulfide) groups is 1. The van der Waals surface area contributed by atoms with E-state index in [1.165, 1.54) is 11.8 Å². The molecule has 5 rings (SSSR count). The second-order valence-electron chi connectivity index (χ2n) is 7.13. The van der Waals surface area contributed by atoms with Gasteiger partial charge in [-0.1, -0.05) is 66.4 Å². The van der Waals surface area contributed by atoms with Crippen LogP contribution in [0.25, 0.3) is 11.4 Å². The van der Waals surface area contributed by atoms with Crippen LogP contribution < -0.4 is 5.32 Å². The minimum atomic E-state index is -0.268. The minimum absolute atomic E-state index is 0.0961. The number of hydrogen-bond donors (Lipinski definition) is 2. The Morgan fingerprint density at radius 2 is 1.50 bits per heavy atom. The number of carbonyl (C=O) groups excluding carboxylic acids is 3. The van der Waals surface area contributed by atoms with Crippen molar-refractivity contribution in [1.82, 2.24) is 15.2 Å². The van der Waals surface area contributed by atoms with Crippen molar-refractivity contribution in [2.45, 2.75) is 5.16 Å². The molecule has 1 heterocycles. The molecule has 7 nitrogen and oxygen atoms in total. The Kier molecular flexibility index (Phi) is 5.12. The fourth-order valence-corrected chi connectivity index (χ4v) is 4.14. The highest BCUT2D eigenvalue weighted by Crippen LogP contribution is 2.29. The van der Waals surface area contributed by atoms with Gasteiger partial charge in [-0.25, -0.2) is 4.98 Å². The summed E-state index contributed by atoms with van der Waals surface area (Å²) < 4.78 is 0. The van der Waals surface area contributed by atoms with Gasteiger partial charge in [0.15, 0.2) is 17.4 Å². The molecule has 4 aromatic rings. The lowest BCUT2D eigenvalue weighted by molar-refractivity contribution is -0.113. The Balaban J connectivity index is 1.26. The van der Waals surface area contributed by atoms with Gasteiger partial charge >= 0.3 is 0 Å². The van der Waals surface area contributed by atoms with E-state index >= 15 is 0 Å². The Bertz CT molecular complexity index is 1360. The maximum absolute atomic E-state index is 12.8. The van der Waals surface area contributed by atoms with E-state index in [0.29, 0.717) is 38.9 Å². The number of benzene rings is 3. The zero-order valence-electron chi connectivity index (χ0n) is 16.7. The van der Waals surface area contributed by atoms with Crippen LogP contribution in [0.4, 0.5) is 5.69 Å². The smallest absolute Gasteiger partial charge is 0.234 e. The van der Waals surface area contributed by atoms with Crippen LogP contribution in [-0.4, -0.2) is 38.4 Å². The van der Waals surface area contributed by atoms with E-state index in [-0.39, 0.29) is 23.2 Å². The molecule has 0 atom stereocenters. The van der Waals surface area contributed by atoms with Crippen LogP contribution in [0.2, 0.25) is 0 Å². The SMILES string of the molecule is O=C(CSc1n[nH]c(-c2ccccc2)n1)Nc1ccc2c(c1)C(=O)c1ccccc1C2=O. The number of nitrogens with zero attached hydrogens (tertiary/aromatic N) is 2. The lowest BCUT2D eigenvalue weighted by atomic mass is 9.84. The molecule has 1 amide bonds. The van der Waals surface area contributed by atoms with Crippen LogP contribution in [-0.2, 0) is 4.79 Å². The van der Waals surface area contributed by atoms with Crippen LogP contribution in [0.1, 0.15) is 31.8 Å². The molecule has 2 N–H and O–H groups in total. The molecular weight excluding hydrogens is 424 g/mol. The van der Waals surface area contributed by atoms with Gasteiger partial charge in [-0.3, -0.25) is 19.5 Å². The van der Waals surface area contributed by atoms with E-state index in [2.05, 4.69) is 20.5 Å². The van der Waals surface area contributed by atoms with Crippen LogP contribution in [0, 0.1) is 0 Å². The predicted octanol–water partition coefficient (Wildman–Crippen LogP) is 3.98. The number of anilines is 1. The quantitative estimate of drug-likeness (QED) is 0.401. The van der Waals surface area contributed by atoms with Crippen molar-refractivity contribution < 1.29 is 14.4 Å². The summed E-state index contributed by atoms with van der Waals surface area (Å²) in [6.45, 7) is 0. The summed E-state index contributed by atoms with van der Waals surface area (Å²) in [5.41, 5.74) is 2.78. The molecule has 1 aliphatic carbocycles. The number of H-pyrrole nitrogens is 1. The largest absolute Gasteiger partial charge is 0.325 e. The third-order valence-electron chi connectivity index (χ3n) is 5.05. The molecule has 0 fully saturated rings. The third-order valence-corrected chi connectivity index (χ3v) is 5.90. The highest BCUT2D eigenvalue weighted by atomic mass is 32.2. The molecule has 0 saturated carbocycles. The van der Waals surface area contributed by atoms with Gasteiger partial charge in [0.2, 0.25) is 11.1 Å². The maximum atomic E-state index is 12.8. The summed E-state index contributed by atoms with van der Waals surface area (Å²) in [5.74, 6) is 0.0405. The van der Waals surface area contributed by atoms with Crippen molar-refractivity contribution in [1.29, 1.82) is 0 Å². The van der Waals surface area contributed by atoms with Gasteiger partial charge in [0.05, 0.1) is 5.75 Å². The van der Waals surface area contributed by atoms with Crippen LogP contribution in [0.5, 0.6) is 0 Å². The summed E-state index contributed by atoms with van der Waals surface area (Å²) in [4.78, 5) is 42.3. The van der Waals surface area contributed by atoms with Gasteiger partial charge in [-0.2, -0.15) is 0 Å². The standard InChI is InChI=1S/C24H16N4O3S/c29-20(13-32-24-26-23(27-28-24)14-6-2-1-3-7-14)25-15-10-11-18-19(12-15)22(31)17-9-5-4-8-16(17)21(18)30/h1-12H,13H2,(H,25,29)(H,26,27,28). The van der Waals surface area contributed by atoms with Gasteiger partial charge < -0.3 is 5.32 Å². The molecule has 0 saturated heterocycles. The average molecular weight is 440 g/mol. The molecular formula is C24H16N4O3S. The fraction of sp³-hybridized carbons (Fsp3) is 0.0417. The van der Waals surface area contributed by atoms with Gasteiger partial charge in [0.1, 0.15) is 0 Å². The van der Waals surface area contributed by atoms with E-state index < -0.39 is 0 Å². The van der Waals surface area contributed by atoms with E-state index in [4.69, 9.17) is 0 Å². The normalized spacial score (nSPS) is 12.2. The number of ketones is 2. The first-order valence-corrected chi connectivity index (χ1v) is 10.8. The zero-order chi connectivity index (χ0) is 22.1. The van der Waals surface area contributed by atoms with Crippen molar-refractivity contribution in [3.63, 3.8) is 0 Å². The number of amides is 1. The first-order valence-electron chi connectivity index (χ1n) is 9.83. The Labute approximate surface area is 187 Å². The molecule has 3 aromatic carbocycles. The highest BCUT2D eigenvalue weighted by molar-refractivity contribution is 7.99. The molecule has 1 aliphatic rings.